The quantitative estimate of drug-likeness (QED) is 0.461. The van der Waals surface area contributed by atoms with E-state index in [2.05, 4.69) is 25.3 Å². The van der Waals surface area contributed by atoms with Crippen LogP contribution in [0.25, 0.3) is 27.8 Å². The number of rotatable bonds is 0. The van der Waals surface area contributed by atoms with Crippen molar-refractivity contribution in [3.63, 3.8) is 0 Å². The van der Waals surface area contributed by atoms with Crippen molar-refractivity contribution in [1.29, 1.82) is 0 Å². The fourth-order valence-corrected chi connectivity index (χ4v) is 2.11. The molecule has 7 heteroatoms. The number of aromatic nitrogens is 6. The van der Waals surface area contributed by atoms with Crippen molar-refractivity contribution in [2.45, 2.75) is 0 Å². The Morgan fingerprint density at radius 2 is 2.12 bits per heavy atom. The summed E-state index contributed by atoms with van der Waals surface area (Å²) in [6, 6.07) is 7.92. The summed E-state index contributed by atoms with van der Waals surface area (Å²) in [5.41, 5.74) is 2.52. The third-order valence-electron chi connectivity index (χ3n) is 2.70. The molecule has 0 unspecified atom stereocenters. The van der Waals surface area contributed by atoms with Crippen LogP contribution in [0.2, 0.25) is 0 Å². The topological polar surface area (TPSA) is 74.7 Å². The van der Waals surface area contributed by atoms with Gasteiger partial charge in [0, 0.05) is 10.9 Å². The Morgan fingerprint density at radius 3 is 3.06 bits per heavy atom. The van der Waals surface area contributed by atoms with Crippen LogP contribution in [0.3, 0.4) is 0 Å². The number of hydrogen-bond donors (Lipinski definition) is 2. The molecule has 82 valence electrons. The largest absolute Gasteiger partial charge is 0.338 e. The fourth-order valence-electron chi connectivity index (χ4n) is 1.94. The zero-order valence-electron chi connectivity index (χ0n) is 8.51. The zero-order valence-corrected chi connectivity index (χ0v) is 9.32. The molecule has 0 aliphatic carbocycles. The molecule has 17 heavy (non-hydrogen) atoms. The predicted octanol–water partition coefficient (Wildman–Crippen LogP) is 1.82. The molecule has 0 amide bonds. The molecule has 0 fully saturated rings. The van der Waals surface area contributed by atoms with Crippen molar-refractivity contribution in [2.24, 2.45) is 0 Å². The van der Waals surface area contributed by atoms with E-state index in [1.807, 2.05) is 24.3 Å². The molecule has 0 aliphatic rings. The SMILES string of the molecule is S=c1[nH]nc2nc3[nH]c4ccccc4c3nn12. The lowest BCUT2D eigenvalue weighted by atomic mass is 10.2. The van der Waals surface area contributed by atoms with Crippen LogP contribution in [0.5, 0.6) is 0 Å². The average molecular weight is 242 g/mol. The van der Waals surface area contributed by atoms with Crippen molar-refractivity contribution in [1.82, 2.24) is 29.8 Å². The van der Waals surface area contributed by atoms with Crippen LogP contribution in [-0.4, -0.2) is 29.8 Å². The number of nitrogens with zero attached hydrogens (tertiary/aromatic N) is 4. The molecule has 0 saturated heterocycles. The summed E-state index contributed by atoms with van der Waals surface area (Å²) < 4.78 is 1.97. The monoisotopic (exact) mass is 242 g/mol. The van der Waals surface area contributed by atoms with Gasteiger partial charge in [-0.05, 0) is 18.3 Å². The Kier molecular flexibility index (Phi) is 1.50. The normalized spacial score (nSPS) is 11.8. The lowest BCUT2D eigenvalue weighted by molar-refractivity contribution is 0.921. The van der Waals surface area contributed by atoms with Crippen LogP contribution in [0.15, 0.2) is 24.3 Å². The lowest BCUT2D eigenvalue weighted by Gasteiger charge is -1.91. The molecule has 3 heterocycles. The second kappa shape index (κ2) is 2.89. The molecule has 0 spiro atoms. The van der Waals surface area contributed by atoms with Gasteiger partial charge in [-0.2, -0.15) is 14.6 Å². The van der Waals surface area contributed by atoms with Crippen LogP contribution in [0.4, 0.5) is 0 Å². The Labute approximate surface area is 99.3 Å². The van der Waals surface area contributed by atoms with Crippen LogP contribution in [0.1, 0.15) is 0 Å². The van der Waals surface area contributed by atoms with E-state index in [9.17, 15) is 0 Å². The molecule has 0 radical (unpaired) electrons. The van der Waals surface area contributed by atoms with Gasteiger partial charge in [0.15, 0.2) is 5.65 Å². The molecule has 0 atom stereocenters. The van der Waals surface area contributed by atoms with E-state index < -0.39 is 0 Å². The summed E-state index contributed by atoms with van der Waals surface area (Å²) in [4.78, 5) is 7.58. The van der Waals surface area contributed by atoms with Crippen molar-refractivity contribution >= 4 is 40.1 Å². The summed E-state index contributed by atoms with van der Waals surface area (Å²) >= 11 is 5.08. The molecule has 2 N–H and O–H groups in total. The highest BCUT2D eigenvalue weighted by molar-refractivity contribution is 7.71. The maximum atomic E-state index is 5.08. The number of benzene rings is 1. The highest BCUT2D eigenvalue weighted by Gasteiger charge is 2.09. The number of fused-ring (bicyclic) bond motifs is 4. The van der Waals surface area contributed by atoms with Crippen LogP contribution < -0.4 is 0 Å². The zero-order chi connectivity index (χ0) is 11.4. The first-order chi connectivity index (χ1) is 8.33. The van der Waals surface area contributed by atoms with Gasteiger partial charge >= 0.3 is 0 Å². The maximum absolute atomic E-state index is 5.08. The second-order valence-corrected chi connectivity index (χ2v) is 4.11. The highest BCUT2D eigenvalue weighted by Crippen LogP contribution is 2.21. The summed E-state index contributed by atoms with van der Waals surface area (Å²) in [6.07, 6.45) is 0. The van der Waals surface area contributed by atoms with Gasteiger partial charge in [0.1, 0.15) is 5.52 Å². The van der Waals surface area contributed by atoms with Crippen LogP contribution >= 0.6 is 12.2 Å². The molecular formula is C10H6N6S. The van der Waals surface area contributed by atoms with Crippen molar-refractivity contribution in [3.05, 3.63) is 29.0 Å². The molecule has 6 nitrogen and oxygen atoms in total. The minimum absolute atomic E-state index is 0.444. The molecule has 3 aromatic heterocycles. The first kappa shape index (κ1) is 8.82. The molecule has 0 saturated carbocycles. The van der Waals surface area contributed by atoms with Crippen molar-refractivity contribution in [3.8, 4) is 0 Å². The molecule has 0 bridgehead atoms. The summed E-state index contributed by atoms with van der Waals surface area (Å²) in [6.45, 7) is 0. The van der Waals surface area contributed by atoms with Crippen LogP contribution in [0, 0.1) is 4.77 Å². The lowest BCUT2D eigenvalue weighted by Crippen LogP contribution is -1.94. The molecule has 4 aromatic rings. The predicted molar refractivity (Wildman–Crippen MR) is 65.3 cm³/mol. The first-order valence-corrected chi connectivity index (χ1v) is 5.45. The van der Waals surface area contributed by atoms with Crippen LogP contribution in [-0.2, 0) is 0 Å². The van der Waals surface area contributed by atoms with E-state index in [1.54, 1.807) is 0 Å². The maximum Gasteiger partial charge on any atom is 0.272 e. The Bertz CT molecular complexity index is 915. The highest BCUT2D eigenvalue weighted by atomic mass is 32.1. The number of para-hydroxylation sites is 1. The van der Waals surface area contributed by atoms with E-state index >= 15 is 0 Å². The smallest absolute Gasteiger partial charge is 0.272 e. The van der Waals surface area contributed by atoms with Gasteiger partial charge < -0.3 is 4.98 Å². The van der Waals surface area contributed by atoms with Gasteiger partial charge in [-0.1, -0.05) is 18.2 Å². The van der Waals surface area contributed by atoms with Crippen molar-refractivity contribution in [2.75, 3.05) is 0 Å². The van der Waals surface area contributed by atoms with E-state index in [1.165, 1.54) is 4.52 Å². The Morgan fingerprint density at radius 1 is 1.24 bits per heavy atom. The van der Waals surface area contributed by atoms with Gasteiger partial charge in [-0.3, -0.25) is 0 Å². The molecule has 4 rings (SSSR count). The number of H-pyrrole nitrogens is 2. The summed E-state index contributed by atoms with van der Waals surface area (Å²) in [7, 11) is 0. The van der Waals surface area contributed by atoms with Gasteiger partial charge in [0.25, 0.3) is 5.78 Å². The molecule has 1 aromatic carbocycles. The molecular weight excluding hydrogens is 236 g/mol. The molecule has 0 aliphatic heterocycles. The minimum atomic E-state index is 0.444. The summed E-state index contributed by atoms with van der Waals surface area (Å²) in [5, 5.41) is 12.1. The number of hydrogen-bond acceptors (Lipinski definition) is 4. The van der Waals surface area contributed by atoms with E-state index in [4.69, 9.17) is 12.2 Å². The van der Waals surface area contributed by atoms with E-state index in [-0.39, 0.29) is 0 Å². The van der Waals surface area contributed by atoms with Gasteiger partial charge in [0.05, 0.1) is 0 Å². The standard InChI is InChI=1S/C10H6N6S/c17-10-14-13-9-12-8-7(15-16(9)10)5-3-1-2-4-6(5)11-8/h1-4H,(H,14,17)(H,11,12,13). The number of aromatic amines is 2. The van der Waals surface area contributed by atoms with Gasteiger partial charge in [-0.25, -0.2) is 5.10 Å². The van der Waals surface area contributed by atoms with E-state index in [0.29, 0.717) is 16.2 Å². The Hall–Kier alpha value is -2.28. The number of nitrogens with one attached hydrogen (secondary N) is 2. The third-order valence-corrected chi connectivity index (χ3v) is 2.97. The van der Waals surface area contributed by atoms with E-state index in [0.717, 1.165) is 16.4 Å². The minimum Gasteiger partial charge on any atom is -0.338 e. The first-order valence-electron chi connectivity index (χ1n) is 5.05. The van der Waals surface area contributed by atoms with Gasteiger partial charge in [-0.15, -0.1) is 5.10 Å². The van der Waals surface area contributed by atoms with Gasteiger partial charge in [0.2, 0.25) is 4.77 Å². The fraction of sp³-hybridized carbons (Fsp3) is 0. The second-order valence-electron chi connectivity index (χ2n) is 3.72. The Balaban J connectivity index is 2.34. The third kappa shape index (κ3) is 1.08. The summed E-state index contributed by atoms with van der Waals surface area (Å²) in [5.74, 6) is 0.467. The average Bonchev–Trinajstić information content (AvgIpc) is 2.88. The van der Waals surface area contributed by atoms with Crippen molar-refractivity contribution < 1.29 is 0 Å².